The Hall–Kier alpha value is -2.52. The Kier molecular flexibility index (Phi) is 6.21. The molecule has 0 aliphatic heterocycles. The first-order valence-corrected chi connectivity index (χ1v) is 8.31. The van der Waals surface area contributed by atoms with Gasteiger partial charge in [0, 0.05) is 31.1 Å². The summed E-state index contributed by atoms with van der Waals surface area (Å²) in [6.45, 7) is 3.08. The Morgan fingerprint density at radius 1 is 1.42 bits per heavy atom. The first kappa shape index (κ1) is 17.8. The third-order valence-electron chi connectivity index (χ3n) is 3.26. The molecule has 4 N–H and O–H groups in total. The molecule has 1 aromatic carbocycles. The molecule has 0 unspecified atom stereocenters. The highest BCUT2D eigenvalue weighted by Crippen LogP contribution is 2.25. The monoisotopic (exact) mass is 349 g/mol. The molecular formula is C15H19N5O3S. The number of nitrogens with zero attached hydrogens (tertiary/aromatic N) is 2. The number of hydrogen-bond acceptors (Lipinski definition) is 7. The molecule has 8 nitrogen and oxygen atoms in total. The Morgan fingerprint density at radius 2 is 2.21 bits per heavy atom. The quantitative estimate of drug-likeness (QED) is 0.381. The second-order valence-electron chi connectivity index (χ2n) is 5.14. The predicted octanol–water partition coefficient (Wildman–Crippen LogP) is 2.05. The molecular weight excluding hydrogens is 330 g/mol. The number of carbonyl (C=O) groups is 1. The molecule has 0 fully saturated rings. The van der Waals surface area contributed by atoms with Gasteiger partial charge in [0.2, 0.25) is 0 Å². The Morgan fingerprint density at radius 3 is 2.88 bits per heavy atom. The maximum atomic E-state index is 11.9. The van der Waals surface area contributed by atoms with Crippen molar-refractivity contribution >= 4 is 28.6 Å². The Labute approximate surface area is 143 Å². The van der Waals surface area contributed by atoms with E-state index in [4.69, 9.17) is 5.73 Å². The minimum atomic E-state index is -0.408. The lowest BCUT2D eigenvalue weighted by atomic mass is 10.2. The van der Waals surface area contributed by atoms with Gasteiger partial charge in [-0.1, -0.05) is 6.07 Å². The van der Waals surface area contributed by atoms with Gasteiger partial charge in [-0.3, -0.25) is 14.9 Å². The number of nitro benzene ring substituents is 1. The molecule has 0 aliphatic rings. The van der Waals surface area contributed by atoms with Crippen LogP contribution in [0.5, 0.6) is 0 Å². The number of benzene rings is 1. The van der Waals surface area contributed by atoms with Gasteiger partial charge in [-0.25, -0.2) is 4.98 Å². The molecule has 0 saturated carbocycles. The number of nitrogens with one attached hydrogen (secondary N) is 2. The van der Waals surface area contributed by atoms with Gasteiger partial charge in [0.15, 0.2) is 0 Å². The summed E-state index contributed by atoms with van der Waals surface area (Å²) < 4.78 is 0. The van der Waals surface area contributed by atoms with Crippen molar-refractivity contribution in [1.82, 2.24) is 10.3 Å². The van der Waals surface area contributed by atoms with E-state index in [0.29, 0.717) is 42.4 Å². The fraction of sp³-hybridized carbons (Fsp3) is 0.333. The van der Waals surface area contributed by atoms with E-state index in [2.05, 4.69) is 15.6 Å². The van der Waals surface area contributed by atoms with Crippen molar-refractivity contribution in [2.24, 2.45) is 5.73 Å². The summed E-state index contributed by atoms with van der Waals surface area (Å²) >= 11 is 1.35. The molecule has 1 heterocycles. The van der Waals surface area contributed by atoms with Gasteiger partial charge in [-0.15, -0.1) is 11.3 Å². The van der Waals surface area contributed by atoms with Gasteiger partial charge in [0.25, 0.3) is 11.6 Å². The topological polar surface area (TPSA) is 123 Å². The van der Waals surface area contributed by atoms with Crippen molar-refractivity contribution in [3.05, 3.63) is 50.0 Å². The number of aromatic nitrogens is 1. The van der Waals surface area contributed by atoms with E-state index in [1.807, 2.05) is 6.07 Å². The van der Waals surface area contributed by atoms with Crippen molar-refractivity contribution in [2.45, 2.75) is 19.9 Å². The summed E-state index contributed by atoms with van der Waals surface area (Å²) in [6, 6.07) is 5.03. The summed E-state index contributed by atoms with van der Waals surface area (Å²) in [4.78, 5) is 26.6. The molecule has 0 atom stereocenters. The molecule has 2 aromatic rings. The molecule has 128 valence electrons. The second kappa shape index (κ2) is 8.37. The molecule has 1 amide bonds. The summed E-state index contributed by atoms with van der Waals surface area (Å²) in [5, 5.41) is 19.2. The largest absolute Gasteiger partial charge is 0.379 e. The zero-order valence-corrected chi connectivity index (χ0v) is 14.1. The van der Waals surface area contributed by atoms with E-state index >= 15 is 0 Å². The average Bonchev–Trinajstić information content (AvgIpc) is 3.04. The third-order valence-corrected chi connectivity index (χ3v) is 4.13. The molecule has 9 heteroatoms. The number of carbonyl (C=O) groups excluding carboxylic acids is 1. The Bertz CT molecular complexity index is 732. The number of rotatable bonds is 8. The van der Waals surface area contributed by atoms with Crippen LogP contribution in [0.1, 0.15) is 27.5 Å². The van der Waals surface area contributed by atoms with Gasteiger partial charge in [0.05, 0.1) is 4.92 Å². The third kappa shape index (κ3) is 4.74. The zero-order valence-electron chi connectivity index (χ0n) is 13.2. The summed E-state index contributed by atoms with van der Waals surface area (Å²) in [7, 11) is 0. The van der Waals surface area contributed by atoms with Crippen LogP contribution in [-0.2, 0) is 6.54 Å². The highest BCUT2D eigenvalue weighted by Gasteiger charge is 2.13. The molecule has 0 radical (unpaired) electrons. The lowest BCUT2D eigenvalue weighted by molar-refractivity contribution is -0.384. The number of anilines is 1. The van der Waals surface area contributed by atoms with Crippen LogP contribution < -0.4 is 16.4 Å². The number of aryl methyl sites for hydroxylation is 1. The Balaban J connectivity index is 1.77. The maximum Gasteiger partial charge on any atom is 0.292 e. The minimum absolute atomic E-state index is 0.0517. The van der Waals surface area contributed by atoms with Gasteiger partial charge >= 0.3 is 0 Å². The van der Waals surface area contributed by atoms with E-state index < -0.39 is 4.92 Å². The van der Waals surface area contributed by atoms with E-state index in [0.717, 1.165) is 5.56 Å². The maximum absolute atomic E-state index is 11.9. The summed E-state index contributed by atoms with van der Waals surface area (Å²) in [5.41, 5.74) is 7.19. The fourth-order valence-electron chi connectivity index (χ4n) is 2.06. The van der Waals surface area contributed by atoms with Crippen molar-refractivity contribution in [2.75, 3.05) is 18.4 Å². The fourth-order valence-corrected chi connectivity index (χ4v) is 2.71. The van der Waals surface area contributed by atoms with E-state index in [1.54, 1.807) is 18.4 Å². The normalized spacial score (nSPS) is 10.4. The van der Waals surface area contributed by atoms with Gasteiger partial charge < -0.3 is 16.4 Å². The lowest BCUT2D eigenvalue weighted by Gasteiger charge is -2.08. The van der Waals surface area contributed by atoms with E-state index in [-0.39, 0.29) is 11.6 Å². The van der Waals surface area contributed by atoms with Crippen LogP contribution in [0.25, 0.3) is 0 Å². The summed E-state index contributed by atoms with van der Waals surface area (Å²) in [5.74, 6) is -0.243. The highest BCUT2D eigenvalue weighted by atomic mass is 32.1. The van der Waals surface area contributed by atoms with Crippen LogP contribution in [0, 0.1) is 17.0 Å². The standard InChI is InChI=1S/C15H19N5O3S/c1-10-3-4-11(13(7-10)20(22)23)17-5-2-6-18-15(21)12-9-24-14(8-16)19-12/h3-4,7,9,17H,2,5-6,8,16H2,1H3,(H,18,21). The number of thiazole rings is 1. The van der Waals surface area contributed by atoms with Crippen LogP contribution in [0.4, 0.5) is 11.4 Å². The smallest absolute Gasteiger partial charge is 0.292 e. The molecule has 24 heavy (non-hydrogen) atoms. The number of amides is 1. The average molecular weight is 349 g/mol. The van der Waals surface area contributed by atoms with E-state index in [9.17, 15) is 14.9 Å². The van der Waals surface area contributed by atoms with Crippen LogP contribution in [-0.4, -0.2) is 28.9 Å². The molecule has 2 rings (SSSR count). The molecule has 1 aromatic heterocycles. The van der Waals surface area contributed by atoms with Crippen molar-refractivity contribution in [3.63, 3.8) is 0 Å². The predicted molar refractivity (Wildman–Crippen MR) is 93.3 cm³/mol. The molecule has 0 saturated heterocycles. The van der Waals surface area contributed by atoms with Gasteiger partial charge in [0.1, 0.15) is 16.4 Å². The zero-order chi connectivity index (χ0) is 17.5. The van der Waals surface area contributed by atoms with Crippen molar-refractivity contribution in [3.8, 4) is 0 Å². The van der Waals surface area contributed by atoms with Crippen LogP contribution in [0.3, 0.4) is 0 Å². The SMILES string of the molecule is Cc1ccc(NCCCNC(=O)c2csc(CN)n2)c([N+](=O)[O-])c1. The highest BCUT2D eigenvalue weighted by molar-refractivity contribution is 7.09. The number of nitrogens with two attached hydrogens (primary N) is 1. The molecule has 0 bridgehead atoms. The van der Waals surface area contributed by atoms with Crippen molar-refractivity contribution < 1.29 is 9.72 Å². The first-order chi connectivity index (χ1) is 11.5. The molecule has 0 aliphatic carbocycles. The van der Waals surface area contributed by atoms with Crippen LogP contribution >= 0.6 is 11.3 Å². The number of hydrogen-bond donors (Lipinski definition) is 3. The second-order valence-corrected chi connectivity index (χ2v) is 6.09. The lowest BCUT2D eigenvalue weighted by Crippen LogP contribution is -2.26. The minimum Gasteiger partial charge on any atom is -0.379 e. The van der Waals surface area contributed by atoms with Crippen LogP contribution in [0.2, 0.25) is 0 Å². The molecule has 0 spiro atoms. The van der Waals surface area contributed by atoms with Gasteiger partial charge in [-0.05, 0) is 25.0 Å². The van der Waals surface area contributed by atoms with Gasteiger partial charge in [-0.2, -0.15) is 0 Å². The number of nitro groups is 1. The first-order valence-electron chi connectivity index (χ1n) is 7.43. The summed E-state index contributed by atoms with van der Waals surface area (Å²) in [6.07, 6.45) is 0.630. The van der Waals surface area contributed by atoms with Crippen LogP contribution in [0.15, 0.2) is 23.6 Å². The van der Waals surface area contributed by atoms with E-state index in [1.165, 1.54) is 17.4 Å². The van der Waals surface area contributed by atoms with Crippen molar-refractivity contribution in [1.29, 1.82) is 0 Å².